The quantitative estimate of drug-likeness (QED) is 0.0218. The molecule has 472 valence electrons. The van der Waals surface area contributed by atoms with Gasteiger partial charge in [-0.1, -0.05) is 290 Å². The fourth-order valence-corrected chi connectivity index (χ4v) is 11.3. The Kier molecular flexibility index (Phi) is 46.8. The molecule has 0 spiro atoms. The Bertz CT molecular complexity index is 1450. The normalized spacial score (nSPS) is 22.9. The Morgan fingerprint density at radius 3 is 0.925 bits per heavy atom. The highest BCUT2D eigenvalue weighted by atomic mass is 16.8. The molecule has 2 aliphatic heterocycles. The third kappa shape index (κ3) is 36.1. The summed E-state index contributed by atoms with van der Waals surface area (Å²) in [6, 6.07) is 0. The number of aliphatic hydroxyl groups excluding tert-OH is 5. The number of esters is 3. The first kappa shape index (κ1) is 74.2. The van der Waals surface area contributed by atoms with Crippen molar-refractivity contribution in [3.8, 4) is 0 Å². The van der Waals surface area contributed by atoms with Gasteiger partial charge in [-0.25, -0.2) is 0 Å². The lowest BCUT2D eigenvalue weighted by atomic mass is 9.99. The van der Waals surface area contributed by atoms with Crippen molar-refractivity contribution in [2.75, 3.05) is 19.8 Å². The van der Waals surface area contributed by atoms with E-state index in [1.165, 1.54) is 205 Å². The monoisotopic (exact) mass is 1140 g/mol. The van der Waals surface area contributed by atoms with Crippen molar-refractivity contribution in [1.82, 2.24) is 0 Å². The minimum absolute atomic E-state index is 0.0909. The molecule has 14 heteroatoms. The Morgan fingerprint density at radius 2 is 0.613 bits per heavy atom. The number of aliphatic hydroxyl groups is 5. The van der Waals surface area contributed by atoms with Gasteiger partial charge in [-0.05, 0) is 19.3 Å². The zero-order valence-corrected chi connectivity index (χ0v) is 51.6. The smallest absolute Gasteiger partial charge is 0.305 e. The number of unbranched alkanes of at least 4 members (excludes halogenated alkanes) is 42. The first-order valence-corrected chi connectivity index (χ1v) is 33.9. The van der Waals surface area contributed by atoms with Crippen molar-refractivity contribution in [3.63, 3.8) is 0 Å². The summed E-state index contributed by atoms with van der Waals surface area (Å²) < 4.78 is 34.7. The van der Waals surface area contributed by atoms with E-state index in [0.717, 1.165) is 64.2 Å². The van der Waals surface area contributed by atoms with Gasteiger partial charge in [-0.3, -0.25) is 14.4 Å². The molecule has 0 saturated carbocycles. The highest BCUT2D eigenvalue weighted by molar-refractivity contribution is 5.70. The van der Waals surface area contributed by atoms with Gasteiger partial charge >= 0.3 is 17.9 Å². The number of carbonyl (C=O) groups is 3. The molecule has 2 heterocycles. The molecule has 8 unspecified atom stereocenters. The van der Waals surface area contributed by atoms with Gasteiger partial charge in [0.05, 0.1) is 0 Å². The van der Waals surface area contributed by atoms with Gasteiger partial charge in [0.1, 0.15) is 62.5 Å². The summed E-state index contributed by atoms with van der Waals surface area (Å²) in [6.07, 6.45) is 40.8. The number of ether oxygens (including phenoxy) is 6. The summed E-state index contributed by atoms with van der Waals surface area (Å²) in [5, 5.41) is 55.9. The largest absolute Gasteiger partial charge is 0.463 e. The maximum Gasteiger partial charge on any atom is 0.305 e. The minimum Gasteiger partial charge on any atom is -0.463 e. The molecule has 0 radical (unpaired) electrons. The van der Waals surface area contributed by atoms with Crippen molar-refractivity contribution in [2.45, 2.75) is 384 Å². The molecule has 0 aromatic carbocycles. The zero-order valence-electron chi connectivity index (χ0n) is 51.6. The SMILES string of the molecule is CCCCCCCCCCCCCCCCCC(=O)OCC1OC(O[C@]2(COC(=O)CCCCCCCCCCCCCCCCC)OC(COC(=O)CCCCCCCCCCCCCCCCC)C(O)C2O)C(O)C(O)C1O. The van der Waals surface area contributed by atoms with Crippen LogP contribution in [0.1, 0.15) is 329 Å². The summed E-state index contributed by atoms with van der Waals surface area (Å²) in [4.78, 5) is 38.8. The third-order valence-electron chi connectivity index (χ3n) is 16.7. The van der Waals surface area contributed by atoms with Gasteiger partial charge in [-0.15, -0.1) is 0 Å². The van der Waals surface area contributed by atoms with Crippen LogP contribution in [0.4, 0.5) is 0 Å². The molecule has 9 atom stereocenters. The second-order valence-corrected chi connectivity index (χ2v) is 24.2. The average molecular weight is 1140 g/mol. The van der Waals surface area contributed by atoms with E-state index in [2.05, 4.69) is 20.8 Å². The maximum atomic E-state index is 13.2. The molecular weight excluding hydrogens is 1020 g/mol. The molecule has 0 aromatic rings. The lowest BCUT2D eigenvalue weighted by Gasteiger charge is -2.43. The van der Waals surface area contributed by atoms with Crippen LogP contribution in [-0.4, -0.2) is 118 Å². The van der Waals surface area contributed by atoms with Crippen LogP contribution >= 0.6 is 0 Å². The molecule has 2 rings (SSSR count). The Balaban J connectivity index is 1.87. The molecule has 2 saturated heterocycles. The first-order chi connectivity index (χ1) is 39.0. The summed E-state index contributed by atoms with van der Waals surface area (Å²) in [6.45, 7) is 5.10. The van der Waals surface area contributed by atoms with Gasteiger partial charge in [0.15, 0.2) is 6.29 Å². The van der Waals surface area contributed by atoms with Crippen molar-refractivity contribution in [3.05, 3.63) is 0 Å². The summed E-state index contributed by atoms with van der Waals surface area (Å²) in [5.41, 5.74) is 0. The maximum absolute atomic E-state index is 13.2. The van der Waals surface area contributed by atoms with Gasteiger partial charge < -0.3 is 54.0 Å². The molecular formula is C66H124O14. The van der Waals surface area contributed by atoms with Crippen LogP contribution in [-0.2, 0) is 42.8 Å². The van der Waals surface area contributed by atoms with Gasteiger partial charge in [0.2, 0.25) is 5.79 Å². The highest BCUT2D eigenvalue weighted by Gasteiger charge is 2.60. The van der Waals surface area contributed by atoms with Crippen molar-refractivity contribution in [1.29, 1.82) is 0 Å². The van der Waals surface area contributed by atoms with Crippen LogP contribution in [0.5, 0.6) is 0 Å². The fraction of sp³-hybridized carbons (Fsp3) is 0.955. The van der Waals surface area contributed by atoms with E-state index in [0.29, 0.717) is 19.3 Å². The van der Waals surface area contributed by atoms with Crippen molar-refractivity contribution in [2.24, 2.45) is 0 Å². The molecule has 14 nitrogen and oxygen atoms in total. The van der Waals surface area contributed by atoms with E-state index in [4.69, 9.17) is 28.4 Å². The van der Waals surface area contributed by atoms with Crippen molar-refractivity contribution < 1.29 is 68.3 Å². The van der Waals surface area contributed by atoms with Gasteiger partial charge in [-0.2, -0.15) is 0 Å². The Morgan fingerprint density at radius 1 is 0.338 bits per heavy atom. The van der Waals surface area contributed by atoms with Crippen LogP contribution in [0.3, 0.4) is 0 Å². The van der Waals surface area contributed by atoms with Gasteiger partial charge in [0.25, 0.3) is 0 Å². The van der Waals surface area contributed by atoms with Crippen LogP contribution in [0.15, 0.2) is 0 Å². The zero-order chi connectivity index (χ0) is 58.2. The van der Waals surface area contributed by atoms with E-state index in [1.807, 2.05) is 0 Å². The van der Waals surface area contributed by atoms with E-state index >= 15 is 0 Å². The van der Waals surface area contributed by atoms with E-state index < -0.39 is 92.5 Å². The lowest BCUT2D eigenvalue weighted by molar-refractivity contribution is -0.383. The topological polar surface area (TPSA) is 208 Å². The van der Waals surface area contributed by atoms with Crippen molar-refractivity contribution >= 4 is 17.9 Å². The second-order valence-electron chi connectivity index (χ2n) is 24.2. The highest BCUT2D eigenvalue weighted by Crippen LogP contribution is 2.37. The van der Waals surface area contributed by atoms with Gasteiger partial charge in [0, 0.05) is 19.3 Å². The molecule has 0 aromatic heterocycles. The fourth-order valence-electron chi connectivity index (χ4n) is 11.3. The van der Waals surface area contributed by atoms with Crippen LogP contribution < -0.4 is 0 Å². The number of hydrogen-bond acceptors (Lipinski definition) is 14. The second kappa shape index (κ2) is 50.4. The molecule has 2 fully saturated rings. The first-order valence-electron chi connectivity index (χ1n) is 33.9. The summed E-state index contributed by atoms with van der Waals surface area (Å²) >= 11 is 0. The van der Waals surface area contributed by atoms with Crippen LogP contribution in [0, 0.1) is 0 Å². The van der Waals surface area contributed by atoms with E-state index in [9.17, 15) is 39.9 Å². The molecule has 5 N–H and O–H groups in total. The van der Waals surface area contributed by atoms with Crippen LogP contribution in [0.25, 0.3) is 0 Å². The van der Waals surface area contributed by atoms with Crippen LogP contribution in [0.2, 0.25) is 0 Å². The minimum atomic E-state index is -2.35. The Labute approximate surface area is 488 Å². The molecule has 2 aliphatic rings. The average Bonchev–Trinajstić information content (AvgIpc) is 3.73. The Hall–Kier alpha value is -1.91. The molecule has 0 amide bonds. The summed E-state index contributed by atoms with van der Waals surface area (Å²) in [7, 11) is 0. The molecule has 0 bridgehead atoms. The number of rotatable bonds is 56. The lowest BCUT2D eigenvalue weighted by Crippen LogP contribution is -2.63. The molecule has 0 aliphatic carbocycles. The summed E-state index contributed by atoms with van der Waals surface area (Å²) in [5.74, 6) is -3.93. The standard InChI is InChI=1S/C66H124O14/c1-4-7-10-13-16-19-22-25-28-31-34-37-40-43-46-49-57(67)75-52-55-60(70)62(72)63(73)65(78-55)80-66(54-77-59(69)51-48-45-42-39-36-33-30-27-24-21-18-15-12-9-6-3)64(74)61(71)56(79-66)53-76-58(68)50-47-44-41-38-35-32-29-26-23-20-17-14-11-8-5-2/h55-56,60-65,70-74H,4-54H2,1-3H3/t55?,56?,60?,61?,62?,63?,64?,65?,66-/m0/s1. The predicted molar refractivity (Wildman–Crippen MR) is 319 cm³/mol. The number of carbonyl (C=O) groups excluding carboxylic acids is 3. The van der Waals surface area contributed by atoms with E-state index in [-0.39, 0.29) is 19.3 Å². The third-order valence-corrected chi connectivity index (χ3v) is 16.7. The predicted octanol–water partition coefficient (Wildman–Crippen LogP) is 15.0. The number of hydrogen-bond donors (Lipinski definition) is 5. The van der Waals surface area contributed by atoms with E-state index in [1.54, 1.807) is 0 Å². The molecule has 80 heavy (non-hydrogen) atoms.